The van der Waals surface area contributed by atoms with Crippen LogP contribution in [0.15, 0.2) is 177 Å². The van der Waals surface area contributed by atoms with E-state index < -0.39 is 33.5 Å². The second-order valence-electron chi connectivity index (χ2n) is 13.7. The molecule has 0 bridgehead atoms. The SMILES string of the molecule is O=C1c2ccc(Oc3cccc(Oc4ccc5c(c4)C(=O)N(c4ccc(Sc6ccc([N+](=O)[O-])cc6)cc4)C5=O)c3)cc2C(=O)N1c1ccc(Sc2ccc([N+](=O)[O-])cc2)cc1. The summed E-state index contributed by atoms with van der Waals surface area (Å²) in [4.78, 5) is 80.3. The molecule has 62 heavy (non-hydrogen) atoms. The minimum absolute atomic E-state index is 0.00683. The quantitative estimate of drug-likeness (QED) is 0.0645. The maximum absolute atomic E-state index is 13.6. The van der Waals surface area contributed by atoms with Crippen LogP contribution in [0.2, 0.25) is 0 Å². The second kappa shape index (κ2) is 16.2. The predicted octanol–water partition coefficient (Wildman–Crippen LogP) is 11.0. The number of nitrogens with zero attached hydrogens (tertiary/aromatic N) is 4. The Bertz CT molecular complexity index is 2800. The van der Waals surface area contributed by atoms with Crippen LogP contribution in [0.1, 0.15) is 41.4 Å². The van der Waals surface area contributed by atoms with E-state index in [0.717, 1.165) is 29.4 Å². The number of imide groups is 2. The fraction of sp³-hybridized carbons (Fsp3) is 0. The van der Waals surface area contributed by atoms with Gasteiger partial charge in [-0.15, -0.1) is 0 Å². The van der Waals surface area contributed by atoms with Crippen LogP contribution < -0.4 is 19.3 Å². The topological polar surface area (TPSA) is 180 Å². The van der Waals surface area contributed by atoms with Crippen LogP contribution in [0.5, 0.6) is 23.0 Å². The highest BCUT2D eigenvalue weighted by molar-refractivity contribution is 7.99. The molecule has 4 amide bonds. The molecule has 14 nitrogen and oxygen atoms in total. The molecule has 2 aliphatic heterocycles. The molecular weight excluding hydrogens is 833 g/mol. The highest BCUT2D eigenvalue weighted by Crippen LogP contribution is 2.38. The van der Waals surface area contributed by atoms with Gasteiger partial charge in [0.25, 0.3) is 35.0 Å². The number of rotatable bonds is 12. The number of non-ortho nitro benzene ring substituents is 2. The molecular formula is C46H26N4O10S2. The lowest BCUT2D eigenvalue weighted by Crippen LogP contribution is -2.29. The summed E-state index contributed by atoms with van der Waals surface area (Å²) in [7, 11) is 0. The van der Waals surface area contributed by atoms with Crippen molar-refractivity contribution < 1.29 is 38.5 Å². The number of hydrogen-bond acceptors (Lipinski definition) is 12. The molecule has 0 N–H and O–H groups in total. The molecule has 0 unspecified atom stereocenters. The fourth-order valence-electron chi connectivity index (χ4n) is 6.78. The lowest BCUT2D eigenvalue weighted by atomic mass is 10.1. The van der Waals surface area contributed by atoms with E-state index in [-0.39, 0.29) is 33.6 Å². The molecule has 0 aromatic heterocycles. The Balaban J connectivity index is 0.843. The van der Waals surface area contributed by atoms with Gasteiger partial charge in [-0.2, -0.15) is 0 Å². The number of hydrogen-bond donors (Lipinski definition) is 0. The monoisotopic (exact) mass is 858 g/mol. The van der Waals surface area contributed by atoms with Crippen molar-refractivity contribution in [3.05, 3.63) is 200 Å². The summed E-state index contributed by atoms with van der Waals surface area (Å²) in [6.45, 7) is 0. The van der Waals surface area contributed by atoms with Crippen LogP contribution in [0.25, 0.3) is 0 Å². The van der Waals surface area contributed by atoms with Gasteiger partial charge in [-0.1, -0.05) is 29.6 Å². The molecule has 2 aliphatic rings. The highest BCUT2D eigenvalue weighted by atomic mass is 32.2. The summed E-state index contributed by atoms with van der Waals surface area (Å²) in [5.74, 6) is -0.637. The largest absolute Gasteiger partial charge is 0.457 e. The van der Waals surface area contributed by atoms with E-state index in [0.29, 0.717) is 34.4 Å². The summed E-state index contributed by atoms with van der Waals surface area (Å²) in [6.07, 6.45) is 0. The van der Waals surface area contributed by atoms with Gasteiger partial charge in [0, 0.05) is 49.9 Å². The molecule has 2 heterocycles. The number of anilines is 2. The van der Waals surface area contributed by atoms with Crippen molar-refractivity contribution in [3.63, 3.8) is 0 Å². The summed E-state index contributed by atoms with van der Waals surface area (Å²) in [6, 6.07) is 41.9. The number of carbonyl (C=O) groups is 4. The Kier molecular flexibility index (Phi) is 10.3. The van der Waals surface area contributed by atoms with Crippen molar-refractivity contribution in [2.75, 3.05) is 9.80 Å². The number of amides is 4. The Morgan fingerprint density at radius 2 is 0.710 bits per heavy atom. The fourth-order valence-corrected chi connectivity index (χ4v) is 8.41. The Morgan fingerprint density at radius 3 is 1.06 bits per heavy atom. The van der Waals surface area contributed by atoms with Crippen molar-refractivity contribution in [1.82, 2.24) is 0 Å². The van der Waals surface area contributed by atoms with Crippen LogP contribution in [-0.2, 0) is 0 Å². The Morgan fingerprint density at radius 1 is 0.387 bits per heavy atom. The van der Waals surface area contributed by atoms with Gasteiger partial charge < -0.3 is 9.47 Å². The van der Waals surface area contributed by atoms with E-state index in [1.54, 1.807) is 109 Å². The van der Waals surface area contributed by atoms with Gasteiger partial charge in [0.2, 0.25) is 0 Å². The van der Waals surface area contributed by atoms with E-state index >= 15 is 0 Å². The molecule has 0 radical (unpaired) electrons. The van der Waals surface area contributed by atoms with Crippen molar-refractivity contribution in [2.24, 2.45) is 0 Å². The van der Waals surface area contributed by atoms with Gasteiger partial charge in [0.15, 0.2) is 0 Å². The molecule has 0 saturated heterocycles. The normalized spacial score (nSPS) is 13.0. The first kappa shape index (κ1) is 39.4. The van der Waals surface area contributed by atoms with E-state index in [2.05, 4.69) is 0 Å². The van der Waals surface area contributed by atoms with Crippen LogP contribution in [0.3, 0.4) is 0 Å². The first-order chi connectivity index (χ1) is 30.0. The van der Waals surface area contributed by atoms with Crippen LogP contribution in [0, 0.1) is 20.2 Å². The highest BCUT2D eigenvalue weighted by Gasteiger charge is 2.38. The molecule has 9 rings (SSSR count). The van der Waals surface area contributed by atoms with E-state index in [1.165, 1.54) is 72.1 Å². The molecule has 0 aliphatic carbocycles. The molecule has 0 fully saturated rings. The summed E-state index contributed by atoms with van der Waals surface area (Å²) < 4.78 is 12.2. The van der Waals surface area contributed by atoms with Crippen molar-refractivity contribution in [2.45, 2.75) is 19.6 Å². The van der Waals surface area contributed by atoms with Crippen LogP contribution >= 0.6 is 23.5 Å². The van der Waals surface area contributed by atoms with Gasteiger partial charge >= 0.3 is 0 Å². The molecule has 0 saturated carbocycles. The third-order valence-electron chi connectivity index (χ3n) is 9.75. The van der Waals surface area contributed by atoms with Crippen molar-refractivity contribution in [3.8, 4) is 23.0 Å². The first-order valence-corrected chi connectivity index (χ1v) is 20.2. The molecule has 302 valence electrons. The third-order valence-corrected chi connectivity index (χ3v) is 11.8. The molecule has 0 atom stereocenters. The van der Waals surface area contributed by atoms with Gasteiger partial charge in [-0.05, 0) is 121 Å². The van der Waals surface area contributed by atoms with Crippen LogP contribution in [-0.4, -0.2) is 33.5 Å². The smallest absolute Gasteiger partial charge is 0.269 e. The number of nitro benzene ring substituents is 2. The number of nitro groups is 2. The number of benzene rings is 7. The standard InChI is InChI=1S/C46H26N4O10S2/c51-43-39-22-12-33(25-41(39)45(53)47(43)27-4-14-35(15-5-27)61-37-18-8-29(9-19-37)49(55)56)59-31-2-1-3-32(24-31)60-34-13-23-40-42(26-34)46(54)48(44(40)52)28-6-16-36(17-7-28)62-38-20-10-30(11-21-38)50(57)58/h1-26H. The van der Waals surface area contributed by atoms with Crippen molar-refractivity contribution >= 4 is 69.9 Å². The molecule has 0 spiro atoms. The molecule has 7 aromatic rings. The Labute approximate surface area is 359 Å². The zero-order valence-corrected chi connectivity index (χ0v) is 33.3. The minimum atomic E-state index is -0.512. The summed E-state index contributed by atoms with van der Waals surface area (Å²) >= 11 is 2.76. The van der Waals surface area contributed by atoms with Gasteiger partial charge in [0.05, 0.1) is 43.5 Å². The van der Waals surface area contributed by atoms with Crippen molar-refractivity contribution in [1.29, 1.82) is 0 Å². The number of ether oxygens (including phenoxy) is 2. The zero-order chi connectivity index (χ0) is 43.1. The number of carbonyl (C=O) groups excluding carboxylic acids is 4. The van der Waals surface area contributed by atoms with Gasteiger partial charge in [0.1, 0.15) is 23.0 Å². The van der Waals surface area contributed by atoms with E-state index in [1.807, 2.05) is 0 Å². The van der Waals surface area contributed by atoms with Gasteiger partial charge in [-0.25, -0.2) is 9.80 Å². The molecule has 16 heteroatoms. The van der Waals surface area contributed by atoms with E-state index in [4.69, 9.17) is 9.47 Å². The first-order valence-electron chi connectivity index (χ1n) is 18.6. The minimum Gasteiger partial charge on any atom is -0.457 e. The summed E-state index contributed by atoms with van der Waals surface area (Å²) in [5, 5.41) is 21.9. The maximum atomic E-state index is 13.6. The maximum Gasteiger partial charge on any atom is 0.269 e. The third kappa shape index (κ3) is 7.74. The zero-order valence-electron chi connectivity index (χ0n) is 31.7. The predicted molar refractivity (Wildman–Crippen MR) is 229 cm³/mol. The lowest BCUT2D eigenvalue weighted by molar-refractivity contribution is -0.385. The van der Waals surface area contributed by atoms with Gasteiger partial charge in [-0.3, -0.25) is 39.4 Å². The number of fused-ring (bicyclic) bond motifs is 2. The summed E-state index contributed by atoms with van der Waals surface area (Å²) in [5.41, 5.74) is 1.55. The Hall–Kier alpha value is -8.08. The average Bonchev–Trinajstić information content (AvgIpc) is 3.67. The van der Waals surface area contributed by atoms with Crippen LogP contribution in [0.4, 0.5) is 22.7 Å². The molecule has 7 aromatic carbocycles. The second-order valence-corrected chi connectivity index (χ2v) is 16.0. The van der Waals surface area contributed by atoms with E-state index in [9.17, 15) is 39.4 Å². The average molecular weight is 859 g/mol. The lowest BCUT2D eigenvalue weighted by Gasteiger charge is -2.14.